The molecule has 3 amide bonds. The van der Waals surface area contributed by atoms with Gasteiger partial charge in [0.25, 0.3) is 0 Å². The molecule has 8 heteroatoms. The van der Waals surface area contributed by atoms with Gasteiger partial charge in [-0.25, -0.2) is 4.79 Å². The summed E-state index contributed by atoms with van der Waals surface area (Å²) in [7, 11) is 0. The summed E-state index contributed by atoms with van der Waals surface area (Å²) in [4.78, 5) is 23.3. The molecule has 2 rings (SSSR count). The molecule has 6 nitrogen and oxygen atoms in total. The molecule has 0 bridgehead atoms. The van der Waals surface area contributed by atoms with Gasteiger partial charge in [-0.05, 0) is 39.0 Å². The maximum Gasteiger partial charge on any atom is 0.321 e. The zero-order valence-electron chi connectivity index (χ0n) is 12.6. The van der Waals surface area contributed by atoms with Gasteiger partial charge in [0, 0.05) is 6.54 Å². The van der Waals surface area contributed by atoms with Crippen LogP contribution in [0.2, 0.25) is 0 Å². The molecule has 120 valence electrons. The average molecular weight is 340 g/mol. The van der Waals surface area contributed by atoms with E-state index in [1.165, 1.54) is 41.5 Å². The van der Waals surface area contributed by atoms with Gasteiger partial charge in [0.05, 0.1) is 5.75 Å². The fourth-order valence-electron chi connectivity index (χ4n) is 2.14. The highest BCUT2D eigenvalue weighted by Gasteiger charge is 2.10. The number of carbonyl (C=O) groups is 2. The van der Waals surface area contributed by atoms with Crippen LogP contribution in [0.25, 0.3) is 0 Å². The fourth-order valence-corrected chi connectivity index (χ4v) is 3.75. The van der Waals surface area contributed by atoms with E-state index in [1.54, 1.807) is 0 Å². The molecule has 0 unspecified atom stereocenters. The van der Waals surface area contributed by atoms with Crippen LogP contribution in [-0.4, -0.2) is 34.4 Å². The second kappa shape index (κ2) is 8.89. The summed E-state index contributed by atoms with van der Waals surface area (Å²) in [6, 6.07) is -0.435. The lowest BCUT2D eigenvalue weighted by molar-refractivity contribution is -0.117. The molecule has 1 aromatic heterocycles. The normalized spacial score (nSPS) is 14.3. The summed E-state index contributed by atoms with van der Waals surface area (Å²) in [5.74, 6) is -0.167. The topological polar surface area (TPSA) is 84.0 Å². The summed E-state index contributed by atoms with van der Waals surface area (Å²) in [6.07, 6.45) is 7.88. The van der Waals surface area contributed by atoms with Crippen LogP contribution in [0.15, 0.2) is 16.0 Å². The van der Waals surface area contributed by atoms with Gasteiger partial charge in [0.1, 0.15) is 5.01 Å². The minimum Gasteiger partial charge on any atom is -0.337 e. The van der Waals surface area contributed by atoms with Gasteiger partial charge in [-0.3, -0.25) is 10.1 Å². The van der Waals surface area contributed by atoms with Gasteiger partial charge in [0.2, 0.25) is 5.91 Å². The number of hydrogen-bond acceptors (Lipinski definition) is 6. The molecule has 1 aliphatic carbocycles. The van der Waals surface area contributed by atoms with Crippen molar-refractivity contribution in [1.82, 2.24) is 20.8 Å². The van der Waals surface area contributed by atoms with Gasteiger partial charge < -0.3 is 5.32 Å². The minimum atomic E-state index is -0.435. The van der Waals surface area contributed by atoms with Crippen LogP contribution in [0, 0.1) is 6.92 Å². The van der Waals surface area contributed by atoms with E-state index < -0.39 is 6.03 Å². The van der Waals surface area contributed by atoms with Gasteiger partial charge in [-0.1, -0.05) is 34.7 Å². The van der Waals surface area contributed by atoms with Gasteiger partial charge >= 0.3 is 6.03 Å². The maximum absolute atomic E-state index is 11.7. The molecule has 0 saturated heterocycles. The highest BCUT2D eigenvalue weighted by molar-refractivity contribution is 8.01. The van der Waals surface area contributed by atoms with Crippen molar-refractivity contribution in [1.29, 1.82) is 0 Å². The first-order valence-electron chi connectivity index (χ1n) is 7.32. The van der Waals surface area contributed by atoms with Crippen LogP contribution < -0.4 is 10.6 Å². The van der Waals surface area contributed by atoms with Crippen LogP contribution in [0.5, 0.6) is 0 Å². The largest absolute Gasteiger partial charge is 0.337 e. The third-order valence-corrected chi connectivity index (χ3v) is 5.18. The molecule has 0 aliphatic heterocycles. The number of amides is 3. The number of allylic oxidation sites excluding steroid dienone is 1. The Balaban J connectivity index is 1.59. The van der Waals surface area contributed by atoms with Gasteiger partial charge in [0.15, 0.2) is 4.34 Å². The molecular formula is C14H20N4O2S2. The molecule has 0 saturated carbocycles. The van der Waals surface area contributed by atoms with Crippen LogP contribution >= 0.6 is 23.1 Å². The molecule has 1 heterocycles. The Morgan fingerprint density at radius 3 is 2.91 bits per heavy atom. The molecule has 0 radical (unpaired) electrons. The van der Waals surface area contributed by atoms with Crippen molar-refractivity contribution < 1.29 is 9.59 Å². The molecule has 0 atom stereocenters. The fraction of sp³-hybridized carbons (Fsp3) is 0.571. The first-order valence-corrected chi connectivity index (χ1v) is 9.12. The van der Waals surface area contributed by atoms with Crippen molar-refractivity contribution in [3.8, 4) is 0 Å². The van der Waals surface area contributed by atoms with E-state index in [0.717, 1.165) is 28.6 Å². The Hall–Kier alpha value is -1.41. The highest BCUT2D eigenvalue weighted by Crippen LogP contribution is 2.21. The van der Waals surface area contributed by atoms with E-state index in [0.29, 0.717) is 6.54 Å². The summed E-state index contributed by atoms with van der Waals surface area (Å²) in [5, 5.41) is 13.7. The number of thioether (sulfide) groups is 1. The first-order chi connectivity index (χ1) is 10.6. The van der Waals surface area contributed by atoms with Crippen molar-refractivity contribution in [2.45, 2.75) is 43.4 Å². The van der Waals surface area contributed by atoms with E-state index in [-0.39, 0.29) is 11.7 Å². The van der Waals surface area contributed by atoms with E-state index in [2.05, 4.69) is 26.9 Å². The van der Waals surface area contributed by atoms with Crippen LogP contribution in [-0.2, 0) is 4.79 Å². The van der Waals surface area contributed by atoms with Crippen molar-refractivity contribution in [2.75, 3.05) is 12.3 Å². The van der Waals surface area contributed by atoms with Gasteiger partial charge in [-0.15, -0.1) is 10.2 Å². The predicted molar refractivity (Wildman–Crippen MR) is 88.1 cm³/mol. The third kappa shape index (κ3) is 6.15. The SMILES string of the molecule is Cc1nnc(SCC(=O)NC(=O)NCCC2=CCCCC2)s1. The van der Waals surface area contributed by atoms with E-state index in [9.17, 15) is 9.59 Å². The van der Waals surface area contributed by atoms with Crippen LogP contribution in [0.4, 0.5) is 4.79 Å². The van der Waals surface area contributed by atoms with Crippen LogP contribution in [0.1, 0.15) is 37.1 Å². The van der Waals surface area contributed by atoms with Crippen molar-refractivity contribution in [2.24, 2.45) is 0 Å². The number of urea groups is 1. The lowest BCUT2D eigenvalue weighted by Gasteiger charge is -2.13. The van der Waals surface area contributed by atoms with Crippen molar-refractivity contribution in [3.63, 3.8) is 0 Å². The molecule has 1 aliphatic rings. The van der Waals surface area contributed by atoms with Crippen molar-refractivity contribution in [3.05, 3.63) is 16.7 Å². The Labute approximate surface area is 138 Å². The Morgan fingerprint density at radius 2 is 2.23 bits per heavy atom. The molecule has 22 heavy (non-hydrogen) atoms. The number of rotatable bonds is 6. The standard InChI is InChI=1S/C14H20N4O2S2/c1-10-17-18-14(22-10)21-9-12(19)16-13(20)15-8-7-11-5-3-2-4-6-11/h5H,2-4,6-9H2,1H3,(H2,15,16,19,20). The summed E-state index contributed by atoms with van der Waals surface area (Å²) in [6.45, 7) is 2.42. The molecule has 2 N–H and O–H groups in total. The molecule has 0 aromatic carbocycles. The van der Waals surface area contributed by atoms with Crippen molar-refractivity contribution >= 4 is 35.0 Å². The molecule has 0 fully saturated rings. The second-order valence-electron chi connectivity index (χ2n) is 5.04. The summed E-state index contributed by atoms with van der Waals surface area (Å²) in [5.41, 5.74) is 1.40. The number of imide groups is 1. The summed E-state index contributed by atoms with van der Waals surface area (Å²) < 4.78 is 0.734. The number of hydrogen-bond donors (Lipinski definition) is 2. The average Bonchev–Trinajstić information content (AvgIpc) is 2.92. The quantitative estimate of drug-likeness (QED) is 0.614. The Morgan fingerprint density at radius 1 is 1.36 bits per heavy atom. The van der Waals surface area contributed by atoms with Crippen LogP contribution in [0.3, 0.4) is 0 Å². The lowest BCUT2D eigenvalue weighted by Crippen LogP contribution is -2.40. The Kier molecular flexibility index (Phi) is 6.85. The second-order valence-corrected chi connectivity index (χ2v) is 7.44. The summed E-state index contributed by atoms with van der Waals surface area (Å²) >= 11 is 2.71. The van der Waals surface area contributed by atoms with Gasteiger partial charge in [-0.2, -0.15) is 0 Å². The Bertz CT molecular complexity index is 557. The number of aryl methyl sites for hydroxylation is 1. The zero-order chi connectivity index (χ0) is 15.8. The number of nitrogens with one attached hydrogen (secondary N) is 2. The molecular weight excluding hydrogens is 320 g/mol. The predicted octanol–water partition coefficient (Wildman–Crippen LogP) is 2.65. The number of nitrogens with zero attached hydrogens (tertiary/aromatic N) is 2. The first kappa shape index (κ1) is 17.0. The smallest absolute Gasteiger partial charge is 0.321 e. The van der Waals surface area contributed by atoms with E-state index in [1.807, 2.05) is 6.92 Å². The third-order valence-electron chi connectivity index (χ3n) is 3.20. The van der Waals surface area contributed by atoms with E-state index >= 15 is 0 Å². The van der Waals surface area contributed by atoms with E-state index in [4.69, 9.17) is 0 Å². The lowest BCUT2D eigenvalue weighted by atomic mass is 9.97. The zero-order valence-corrected chi connectivity index (χ0v) is 14.2. The number of aromatic nitrogens is 2. The maximum atomic E-state index is 11.7. The molecule has 0 spiro atoms. The number of carbonyl (C=O) groups excluding carboxylic acids is 2. The monoisotopic (exact) mass is 340 g/mol. The minimum absolute atomic E-state index is 0.160. The molecule has 1 aromatic rings. The highest BCUT2D eigenvalue weighted by atomic mass is 32.2.